The fraction of sp³-hybridized carbons (Fsp3) is 0.154. The summed E-state index contributed by atoms with van der Waals surface area (Å²) in [5.74, 6) is 1.99. The van der Waals surface area contributed by atoms with Crippen LogP contribution in [0.3, 0.4) is 0 Å². The minimum Gasteiger partial charge on any atom is -0.493 e. The summed E-state index contributed by atoms with van der Waals surface area (Å²) in [7, 11) is 3.17. The van der Waals surface area contributed by atoms with E-state index >= 15 is 0 Å². The second kappa shape index (κ2) is 9.30. The number of allylic oxidation sites excluding steroid dienone is 1. The van der Waals surface area contributed by atoms with Crippen molar-refractivity contribution in [3.63, 3.8) is 0 Å². The molecule has 1 amide bonds. The summed E-state index contributed by atoms with van der Waals surface area (Å²) in [6.45, 7) is 1.86. The summed E-state index contributed by atoms with van der Waals surface area (Å²) in [6.07, 6.45) is 3.27. The van der Waals surface area contributed by atoms with E-state index in [4.69, 9.17) is 19.6 Å². The number of methoxy groups -OCH3 is 2. The Morgan fingerprint density at radius 1 is 1.03 bits per heavy atom. The number of fused-ring (bicyclic) bond motifs is 1. The Hall–Kier alpha value is -4.66. The van der Waals surface area contributed by atoms with Gasteiger partial charge in [-0.25, -0.2) is 4.68 Å². The number of nitrogens with zero attached hydrogens (tertiary/aromatic N) is 4. The number of ether oxygens (including phenoxy) is 2. The van der Waals surface area contributed by atoms with E-state index in [-0.39, 0.29) is 5.91 Å². The number of carbonyl (C=O) groups is 1. The lowest BCUT2D eigenvalue weighted by molar-refractivity contribution is -0.113. The quantitative estimate of drug-likeness (QED) is 0.435. The Morgan fingerprint density at radius 2 is 1.83 bits per heavy atom. The number of nitrogens with one attached hydrogen (secondary N) is 2. The fourth-order valence-corrected chi connectivity index (χ4v) is 4.12. The molecular weight excluding hydrogens is 444 g/mol. The third-order valence-electron chi connectivity index (χ3n) is 5.77. The molecular formula is C26H24N6O3. The number of amides is 1. The van der Waals surface area contributed by atoms with E-state index < -0.39 is 6.04 Å². The highest BCUT2D eigenvalue weighted by atomic mass is 16.5. The maximum Gasteiger partial charge on any atom is 0.255 e. The summed E-state index contributed by atoms with van der Waals surface area (Å²) in [6, 6.07) is 18.4. The molecule has 2 N–H and O–H groups in total. The lowest BCUT2D eigenvalue weighted by Crippen LogP contribution is -2.31. The average molecular weight is 469 g/mol. The minimum absolute atomic E-state index is 0.245. The van der Waals surface area contributed by atoms with E-state index in [2.05, 4.69) is 15.6 Å². The summed E-state index contributed by atoms with van der Waals surface area (Å²) >= 11 is 0. The van der Waals surface area contributed by atoms with Crippen LogP contribution in [0.15, 0.2) is 84.3 Å². The molecule has 0 fully saturated rings. The number of aromatic nitrogens is 4. The standard InChI is InChI=1S/C26H24N6O3/c1-16-22(25(33)29-19-10-7-13-27-15-19)23(17-8-5-4-6-9-17)32-26(28-16)30-24(31-32)18-11-12-20(34-2)21(14-18)35-3/h4-15,23H,1-3H3,(H,29,33)(H,28,30,31). The molecule has 0 aliphatic carbocycles. The predicted octanol–water partition coefficient (Wildman–Crippen LogP) is 4.28. The SMILES string of the molecule is COc1ccc(-c2nc3n(n2)C(c2ccccc2)C(C(=O)Nc2cccnc2)=C(C)N3)cc1OC. The zero-order valence-electron chi connectivity index (χ0n) is 19.5. The Bertz CT molecular complexity index is 1400. The van der Waals surface area contributed by atoms with Gasteiger partial charge < -0.3 is 20.1 Å². The number of benzene rings is 2. The van der Waals surface area contributed by atoms with Crippen molar-refractivity contribution in [2.24, 2.45) is 0 Å². The molecule has 5 rings (SSSR count). The maximum absolute atomic E-state index is 13.5. The van der Waals surface area contributed by atoms with E-state index in [9.17, 15) is 4.79 Å². The molecule has 35 heavy (non-hydrogen) atoms. The molecule has 1 unspecified atom stereocenters. The van der Waals surface area contributed by atoms with Crippen molar-refractivity contribution in [2.75, 3.05) is 24.9 Å². The van der Waals surface area contributed by atoms with Crippen molar-refractivity contribution in [3.8, 4) is 22.9 Å². The highest BCUT2D eigenvalue weighted by Gasteiger charge is 2.34. The zero-order valence-corrected chi connectivity index (χ0v) is 19.5. The van der Waals surface area contributed by atoms with Gasteiger partial charge in [0, 0.05) is 17.5 Å². The van der Waals surface area contributed by atoms with Crippen LogP contribution in [0, 0.1) is 0 Å². The first-order valence-corrected chi connectivity index (χ1v) is 11.0. The number of carbonyl (C=O) groups excluding carboxylic acids is 1. The molecule has 1 aliphatic rings. The minimum atomic E-state index is -0.481. The van der Waals surface area contributed by atoms with Gasteiger partial charge in [0.05, 0.1) is 31.7 Å². The highest BCUT2D eigenvalue weighted by Crippen LogP contribution is 2.38. The van der Waals surface area contributed by atoms with Crippen LogP contribution in [0.25, 0.3) is 11.4 Å². The van der Waals surface area contributed by atoms with Gasteiger partial charge in [0.2, 0.25) is 5.95 Å². The van der Waals surface area contributed by atoms with Gasteiger partial charge in [-0.2, -0.15) is 4.98 Å². The molecule has 0 saturated carbocycles. The third-order valence-corrected chi connectivity index (χ3v) is 5.77. The van der Waals surface area contributed by atoms with Gasteiger partial charge in [0.1, 0.15) is 6.04 Å². The van der Waals surface area contributed by atoms with Crippen LogP contribution in [0.4, 0.5) is 11.6 Å². The Balaban J connectivity index is 1.58. The molecule has 0 radical (unpaired) electrons. The molecule has 4 aromatic rings. The van der Waals surface area contributed by atoms with Crippen LogP contribution in [-0.2, 0) is 4.79 Å². The first-order valence-electron chi connectivity index (χ1n) is 11.0. The Morgan fingerprint density at radius 3 is 2.54 bits per heavy atom. The van der Waals surface area contributed by atoms with Crippen molar-refractivity contribution in [1.29, 1.82) is 0 Å². The molecule has 1 atom stereocenters. The number of anilines is 2. The van der Waals surface area contributed by atoms with Crippen LogP contribution in [-0.4, -0.2) is 39.9 Å². The molecule has 0 saturated heterocycles. The van der Waals surface area contributed by atoms with Crippen molar-refractivity contribution in [1.82, 2.24) is 19.7 Å². The first-order chi connectivity index (χ1) is 17.1. The Labute approximate surface area is 202 Å². The van der Waals surface area contributed by atoms with Crippen molar-refractivity contribution in [2.45, 2.75) is 13.0 Å². The molecule has 9 heteroatoms. The smallest absolute Gasteiger partial charge is 0.255 e. The molecule has 3 heterocycles. The normalized spacial score (nSPS) is 14.7. The van der Waals surface area contributed by atoms with Crippen LogP contribution >= 0.6 is 0 Å². The summed E-state index contributed by atoms with van der Waals surface area (Å²) < 4.78 is 12.5. The summed E-state index contributed by atoms with van der Waals surface area (Å²) in [5, 5.41) is 11.0. The van der Waals surface area contributed by atoms with Gasteiger partial charge in [-0.3, -0.25) is 9.78 Å². The highest BCUT2D eigenvalue weighted by molar-refractivity contribution is 6.05. The van der Waals surface area contributed by atoms with Crippen molar-refractivity contribution >= 4 is 17.5 Å². The van der Waals surface area contributed by atoms with E-state index in [1.54, 1.807) is 43.4 Å². The first kappa shape index (κ1) is 22.1. The van der Waals surface area contributed by atoms with Crippen molar-refractivity contribution in [3.05, 3.63) is 89.9 Å². The molecule has 2 aromatic heterocycles. The van der Waals surface area contributed by atoms with E-state index in [0.29, 0.717) is 40.2 Å². The van der Waals surface area contributed by atoms with Crippen LogP contribution in [0.1, 0.15) is 18.5 Å². The lowest BCUT2D eigenvalue weighted by Gasteiger charge is -2.28. The van der Waals surface area contributed by atoms with E-state index in [1.807, 2.05) is 55.5 Å². The van der Waals surface area contributed by atoms with Gasteiger partial charge in [-0.1, -0.05) is 30.3 Å². The van der Waals surface area contributed by atoms with Gasteiger partial charge >= 0.3 is 0 Å². The number of hydrogen-bond donors (Lipinski definition) is 2. The van der Waals surface area contributed by atoms with Crippen LogP contribution < -0.4 is 20.1 Å². The predicted molar refractivity (Wildman–Crippen MR) is 132 cm³/mol. The van der Waals surface area contributed by atoms with Gasteiger partial charge in [-0.15, -0.1) is 5.10 Å². The topological polar surface area (TPSA) is 103 Å². The molecule has 176 valence electrons. The van der Waals surface area contributed by atoms with Gasteiger partial charge in [0.15, 0.2) is 17.3 Å². The zero-order chi connectivity index (χ0) is 24.4. The van der Waals surface area contributed by atoms with Gasteiger partial charge in [-0.05, 0) is 42.8 Å². The number of rotatable bonds is 6. The van der Waals surface area contributed by atoms with Crippen LogP contribution in [0.5, 0.6) is 11.5 Å². The summed E-state index contributed by atoms with van der Waals surface area (Å²) in [5.41, 5.74) is 3.52. The van der Waals surface area contributed by atoms with Gasteiger partial charge in [0.25, 0.3) is 5.91 Å². The molecule has 0 spiro atoms. The third kappa shape index (κ3) is 4.19. The molecule has 1 aliphatic heterocycles. The average Bonchev–Trinajstić information content (AvgIpc) is 3.32. The largest absolute Gasteiger partial charge is 0.493 e. The Kier molecular flexibility index (Phi) is 5.88. The second-order valence-electron chi connectivity index (χ2n) is 7.95. The second-order valence-corrected chi connectivity index (χ2v) is 7.95. The lowest BCUT2D eigenvalue weighted by atomic mass is 9.95. The maximum atomic E-state index is 13.5. The van der Waals surface area contributed by atoms with Crippen molar-refractivity contribution < 1.29 is 14.3 Å². The summed E-state index contributed by atoms with van der Waals surface area (Å²) in [4.78, 5) is 22.3. The number of hydrogen-bond acceptors (Lipinski definition) is 7. The van der Waals surface area contributed by atoms with E-state index in [1.165, 1.54) is 0 Å². The van der Waals surface area contributed by atoms with E-state index in [0.717, 1.165) is 11.1 Å². The fourth-order valence-electron chi connectivity index (χ4n) is 4.12. The monoisotopic (exact) mass is 468 g/mol. The molecule has 2 aromatic carbocycles. The molecule has 0 bridgehead atoms. The van der Waals surface area contributed by atoms with Crippen LogP contribution in [0.2, 0.25) is 0 Å². The molecule has 9 nitrogen and oxygen atoms in total. The number of pyridine rings is 1.